The van der Waals surface area contributed by atoms with Crippen molar-refractivity contribution in [3.63, 3.8) is 0 Å². The van der Waals surface area contributed by atoms with Crippen LogP contribution in [0.5, 0.6) is 0 Å². The largest absolute Gasteiger partial charge is 0.377 e. The maximum Gasteiger partial charge on any atom is 0.258 e. The van der Waals surface area contributed by atoms with Gasteiger partial charge in [0.05, 0.1) is 18.1 Å². The molecule has 8 heteroatoms. The smallest absolute Gasteiger partial charge is 0.258 e. The van der Waals surface area contributed by atoms with E-state index in [0.29, 0.717) is 29.6 Å². The number of fused-ring (bicyclic) bond motifs is 1. The summed E-state index contributed by atoms with van der Waals surface area (Å²) in [6, 6.07) is 9.12. The van der Waals surface area contributed by atoms with Crippen LogP contribution in [-0.2, 0) is 21.9 Å². The average molecular weight is 390 g/mol. The van der Waals surface area contributed by atoms with Gasteiger partial charge in [0.2, 0.25) is 5.91 Å². The molecule has 3 aromatic rings. The maximum atomic E-state index is 12.2. The van der Waals surface area contributed by atoms with Crippen LogP contribution in [0.1, 0.15) is 18.2 Å². The van der Waals surface area contributed by atoms with Gasteiger partial charge in [0.25, 0.3) is 5.56 Å². The van der Waals surface area contributed by atoms with Crippen molar-refractivity contribution in [2.75, 3.05) is 17.7 Å². The molecule has 0 aliphatic heterocycles. The summed E-state index contributed by atoms with van der Waals surface area (Å²) in [6.07, 6.45) is 1.71. The van der Waals surface area contributed by atoms with Crippen LogP contribution in [-0.4, -0.2) is 27.7 Å². The van der Waals surface area contributed by atoms with Crippen LogP contribution in [0, 0.1) is 0 Å². The van der Waals surface area contributed by atoms with E-state index in [9.17, 15) is 9.59 Å². The van der Waals surface area contributed by atoms with Gasteiger partial charge in [0.1, 0.15) is 0 Å². The Morgan fingerprint density at radius 3 is 3.08 bits per heavy atom. The van der Waals surface area contributed by atoms with E-state index in [-0.39, 0.29) is 17.2 Å². The Balaban J connectivity index is 1.55. The summed E-state index contributed by atoms with van der Waals surface area (Å²) in [5, 5.41) is 4.75. The van der Waals surface area contributed by atoms with Crippen molar-refractivity contribution in [2.24, 2.45) is 0 Å². The summed E-state index contributed by atoms with van der Waals surface area (Å²) in [7, 11) is 0. The second-order valence-corrected chi connectivity index (χ2v) is 7.34. The number of ether oxygens (including phenoxy) is 1. The number of rotatable bonds is 8. The molecule has 136 valence electrons. The summed E-state index contributed by atoms with van der Waals surface area (Å²) < 4.78 is 6.94. The average Bonchev–Trinajstić information content (AvgIpc) is 3.10. The van der Waals surface area contributed by atoms with Crippen LogP contribution < -0.4 is 10.9 Å². The minimum absolute atomic E-state index is 0.0899. The molecule has 2 heterocycles. The minimum atomic E-state index is -0.0962. The van der Waals surface area contributed by atoms with Gasteiger partial charge in [0, 0.05) is 41.3 Å². The Bertz CT molecular complexity index is 952. The molecule has 0 atom stereocenters. The lowest BCUT2D eigenvalue weighted by Gasteiger charge is -2.11. The topological polar surface area (TPSA) is 72.7 Å². The fraction of sp³-hybridized carbons (Fsp3) is 0.278. The molecule has 1 N–H and O–H groups in total. The van der Waals surface area contributed by atoms with Gasteiger partial charge < -0.3 is 10.1 Å². The highest BCUT2D eigenvalue weighted by molar-refractivity contribution is 7.99. The molecule has 1 amide bonds. The van der Waals surface area contributed by atoms with Crippen LogP contribution in [0.3, 0.4) is 0 Å². The van der Waals surface area contributed by atoms with E-state index in [0.717, 1.165) is 11.3 Å². The van der Waals surface area contributed by atoms with Crippen LogP contribution in [0.2, 0.25) is 0 Å². The van der Waals surface area contributed by atoms with Gasteiger partial charge in [-0.25, -0.2) is 4.98 Å². The number of nitrogens with zero attached hydrogens (tertiary/aromatic N) is 2. The van der Waals surface area contributed by atoms with E-state index in [4.69, 9.17) is 4.74 Å². The highest BCUT2D eigenvalue weighted by atomic mass is 32.2. The van der Waals surface area contributed by atoms with Crippen molar-refractivity contribution in [3.8, 4) is 0 Å². The first-order valence-electron chi connectivity index (χ1n) is 8.16. The molecule has 0 bridgehead atoms. The van der Waals surface area contributed by atoms with Gasteiger partial charge in [-0.3, -0.25) is 14.0 Å². The molecule has 26 heavy (non-hydrogen) atoms. The van der Waals surface area contributed by atoms with E-state index >= 15 is 0 Å². The molecule has 0 unspecified atom stereocenters. The summed E-state index contributed by atoms with van der Waals surface area (Å²) in [5.74, 6) is 0.708. The van der Waals surface area contributed by atoms with Gasteiger partial charge >= 0.3 is 0 Å². The van der Waals surface area contributed by atoms with E-state index < -0.39 is 0 Å². The summed E-state index contributed by atoms with van der Waals surface area (Å²) in [6.45, 7) is 3.03. The molecular formula is C18H19N3O3S2. The van der Waals surface area contributed by atoms with Gasteiger partial charge in [-0.1, -0.05) is 18.2 Å². The number of amides is 1. The molecule has 3 rings (SSSR count). The van der Waals surface area contributed by atoms with Crippen LogP contribution >= 0.6 is 23.1 Å². The molecule has 0 fully saturated rings. The Hall–Kier alpha value is -2.16. The van der Waals surface area contributed by atoms with Crippen molar-refractivity contribution in [2.45, 2.75) is 19.3 Å². The Labute approximate surface area is 159 Å². The van der Waals surface area contributed by atoms with E-state index in [1.807, 2.05) is 36.6 Å². The number of hydrogen-bond donors (Lipinski definition) is 1. The van der Waals surface area contributed by atoms with Crippen LogP contribution in [0.4, 0.5) is 5.69 Å². The monoisotopic (exact) mass is 389 g/mol. The van der Waals surface area contributed by atoms with Crippen molar-refractivity contribution in [1.82, 2.24) is 9.38 Å². The molecule has 1 aromatic carbocycles. The zero-order chi connectivity index (χ0) is 18.4. The maximum absolute atomic E-state index is 12.2. The number of benzene rings is 1. The van der Waals surface area contributed by atoms with Crippen LogP contribution in [0.15, 0.2) is 46.7 Å². The Morgan fingerprint density at radius 2 is 2.23 bits per heavy atom. The number of aromatic nitrogens is 2. The van der Waals surface area contributed by atoms with E-state index in [1.165, 1.54) is 33.6 Å². The van der Waals surface area contributed by atoms with Gasteiger partial charge in [-0.2, -0.15) is 0 Å². The van der Waals surface area contributed by atoms with Gasteiger partial charge in [-0.05, 0) is 13.0 Å². The quantitative estimate of drug-likeness (QED) is 0.641. The molecule has 0 radical (unpaired) electrons. The van der Waals surface area contributed by atoms with Crippen LogP contribution in [0.25, 0.3) is 4.96 Å². The van der Waals surface area contributed by atoms with Crippen molar-refractivity contribution in [3.05, 3.63) is 63.5 Å². The summed E-state index contributed by atoms with van der Waals surface area (Å²) in [5.41, 5.74) is 2.31. The molecule has 2 aromatic heterocycles. The summed E-state index contributed by atoms with van der Waals surface area (Å²) >= 11 is 2.84. The van der Waals surface area contributed by atoms with Gasteiger partial charge in [0.15, 0.2) is 4.96 Å². The third-order valence-electron chi connectivity index (χ3n) is 3.59. The number of carbonyl (C=O) groups excluding carboxylic acids is 1. The first kappa shape index (κ1) is 18.6. The third-order valence-corrected chi connectivity index (χ3v) is 5.32. The lowest BCUT2D eigenvalue weighted by Crippen LogP contribution is -2.16. The molecule has 6 nitrogen and oxygen atoms in total. The zero-order valence-electron chi connectivity index (χ0n) is 14.3. The molecule has 0 saturated carbocycles. The first-order chi connectivity index (χ1) is 12.7. The van der Waals surface area contributed by atoms with Crippen molar-refractivity contribution in [1.29, 1.82) is 0 Å². The zero-order valence-corrected chi connectivity index (χ0v) is 15.9. The van der Waals surface area contributed by atoms with E-state index in [2.05, 4.69) is 10.3 Å². The third kappa shape index (κ3) is 4.72. The second kappa shape index (κ2) is 8.98. The van der Waals surface area contributed by atoms with Crippen molar-refractivity contribution >= 4 is 39.7 Å². The number of thioether (sulfide) groups is 1. The highest BCUT2D eigenvalue weighted by Gasteiger charge is 2.08. The summed E-state index contributed by atoms with van der Waals surface area (Å²) in [4.78, 5) is 29.3. The normalized spacial score (nSPS) is 11.0. The number of carbonyl (C=O) groups is 1. The molecule has 0 aliphatic carbocycles. The standard InChI is InChI=1S/C18H19N3O3S2/c1-2-24-10-13-5-3-4-6-15(13)20-16(22)12-25-11-14-9-17(23)21-7-8-26-18(21)19-14/h3-9H,2,10-12H2,1H3,(H,20,22). The molecular weight excluding hydrogens is 370 g/mol. The first-order valence-corrected chi connectivity index (χ1v) is 10.2. The number of thiazole rings is 1. The lowest BCUT2D eigenvalue weighted by atomic mass is 10.2. The number of hydrogen-bond acceptors (Lipinski definition) is 6. The fourth-order valence-electron chi connectivity index (χ4n) is 2.38. The number of para-hydroxylation sites is 1. The molecule has 0 saturated heterocycles. The highest BCUT2D eigenvalue weighted by Crippen LogP contribution is 2.17. The predicted molar refractivity (Wildman–Crippen MR) is 106 cm³/mol. The molecule has 0 spiro atoms. The van der Waals surface area contributed by atoms with Crippen molar-refractivity contribution < 1.29 is 9.53 Å². The Kier molecular flexibility index (Phi) is 6.43. The second-order valence-electron chi connectivity index (χ2n) is 5.48. The van der Waals surface area contributed by atoms with E-state index in [1.54, 1.807) is 6.20 Å². The molecule has 0 aliphatic rings. The SMILES string of the molecule is CCOCc1ccccc1NC(=O)CSCc1cc(=O)n2ccsc2n1. The number of anilines is 1. The fourth-order valence-corrected chi connectivity index (χ4v) is 3.83. The predicted octanol–water partition coefficient (Wildman–Crippen LogP) is 3.16. The minimum Gasteiger partial charge on any atom is -0.377 e. The Morgan fingerprint density at radius 1 is 1.38 bits per heavy atom. The lowest BCUT2D eigenvalue weighted by molar-refractivity contribution is -0.113. The van der Waals surface area contributed by atoms with Gasteiger partial charge in [-0.15, -0.1) is 23.1 Å². The number of nitrogens with one attached hydrogen (secondary N) is 1.